The minimum atomic E-state index is 0.0460. The Bertz CT molecular complexity index is 711. The van der Waals surface area contributed by atoms with E-state index in [1.54, 1.807) is 0 Å². The monoisotopic (exact) mass is 279 g/mol. The van der Waals surface area contributed by atoms with Gasteiger partial charge in [-0.05, 0) is 12.1 Å². The minimum absolute atomic E-state index is 0.0460. The predicted molar refractivity (Wildman–Crippen MR) is 75.8 cm³/mol. The first-order valence-electron chi connectivity index (χ1n) is 6.73. The highest BCUT2D eigenvalue weighted by molar-refractivity contribution is 5.52. The van der Waals surface area contributed by atoms with Crippen LogP contribution in [0.5, 0.6) is 11.5 Å². The number of nitrogens with zero attached hydrogens (tertiary/aromatic N) is 3. The zero-order chi connectivity index (χ0) is 14.1. The van der Waals surface area contributed by atoms with Gasteiger partial charge >= 0.3 is 0 Å². The van der Waals surface area contributed by atoms with E-state index in [9.17, 15) is 0 Å². The summed E-state index contributed by atoms with van der Waals surface area (Å²) in [5.74, 6) is 2.39. The number of tetrazole rings is 1. The van der Waals surface area contributed by atoms with Crippen molar-refractivity contribution in [2.75, 3.05) is 0 Å². The lowest BCUT2D eigenvalue weighted by Crippen LogP contribution is -2.25. The molecule has 1 aliphatic rings. The van der Waals surface area contributed by atoms with E-state index in [2.05, 4.69) is 38.1 Å². The number of benzene rings is 2. The van der Waals surface area contributed by atoms with Crippen molar-refractivity contribution in [3.63, 3.8) is 0 Å². The Labute approximate surface area is 121 Å². The second-order valence-corrected chi connectivity index (χ2v) is 4.82. The highest BCUT2D eigenvalue weighted by Crippen LogP contribution is 2.42. The molecule has 0 saturated carbocycles. The average molecular weight is 279 g/mol. The average Bonchev–Trinajstić information content (AvgIpc) is 3.05. The van der Waals surface area contributed by atoms with Crippen molar-refractivity contribution in [2.24, 2.45) is 0 Å². The molecule has 4 rings (SSSR count). The molecule has 1 aromatic heterocycles. The molecule has 0 bridgehead atoms. The lowest BCUT2D eigenvalue weighted by atomic mass is 9.94. The van der Waals surface area contributed by atoms with E-state index < -0.39 is 0 Å². The molecule has 0 atom stereocenters. The van der Waals surface area contributed by atoms with Crippen LogP contribution in [-0.4, -0.2) is 20.6 Å². The molecule has 2 N–H and O–H groups in total. The first-order chi connectivity index (χ1) is 10.4. The van der Waals surface area contributed by atoms with Gasteiger partial charge in [-0.1, -0.05) is 41.6 Å². The third-order valence-corrected chi connectivity index (χ3v) is 3.53. The van der Waals surface area contributed by atoms with E-state index >= 15 is 0 Å². The molecule has 104 valence electrons. The van der Waals surface area contributed by atoms with Crippen molar-refractivity contribution in [1.29, 1.82) is 0 Å². The maximum absolute atomic E-state index is 5.95. The van der Waals surface area contributed by atoms with Crippen LogP contribution in [0.25, 0.3) is 0 Å². The van der Waals surface area contributed by atoms with Gasteiger partial charge < -0.3 is 4.74 Å². The van der Waals surface area contributed by atoms with Crippen molar-refractivity contribution in [2.45, 2.75) is 12.6 Å². The van der Waals surface area contributed by atoms with Crippen molar-refractivity contribution in [3.05, 3.63) is 65.5 Å². The van der Waals surface area contributed by atoms with Crippen LogP contribution in [0.3, 0.4) is 0 Å². The van der Waals surface area contributed by atoms with E-state index in [1.165, 1.54) is 0 Å². The maximum Gasteiger partial charge on any atom is 0.188 e. The Kier molecular flexibility index (Phi) is 2.86. The topological polar surface area (TPSA) is 75.7 Å². The van der Waals surface area contributed by atoms with Gasteiger partial charge in [0.15, 0.2) is 5.82 Å². The summed E-state index contributed by atoms with van der Waals surface area (Å²) < 4.78 is 5.95. The Morgan fingerprint density at radius 1 is 1.00 bits per heavy atom. The van der Waals surface area contributed by atoms with Crippen LogP contribution >= 0.6 is 0 Å². The molecule has 2 heterocycles. The van der Waals surface area contributed by atoms with Gasteiger partial charge in [-0.15, -0.1) is 10.2 Å². The molecule has 1 aliphatic heterocycles. The molecule has 0 spiro atoms. The zero-order valence-electron chi connectivity index (χ0n) is 11.2. The number of nitrogens with one attached hydrogen (secondary N) is 2. The van der Waals surface area contributed by atoms with E-state index in [-0.39, 0.29) is 6.04 Å². The van der Waals surface area contributed by atoms with Crippen LogP contribution < -0.4 is 10.1 Å². The fourth-order valence-electron chi connectivity index (χ4n) is 2.58. The van der Waals surface area contributed by atoms with Gasteiger partial charge in [0.25, 0.3) is 0 Å². The first-order valence-corrected chi connectivity index (χ1v) is 6.73. The molecule has 0 fully saturated rings. The van der Waals surface area contributed by atoms with E-state index in [1.807, 2.05) is 36.4 Å². The standard InChI is InChI=1S/C15H13N5O/c1-3-7-12-10(5-1)15(16-9-14-17-19-20-18-14)11-6-2-4-8-13(11)21-12/h1-8,15-16H,9H2,(H,17,18,19,20). The second-order valence-electron chi connectivity index (χ2n) is 4.82. The Hall–Kier alpha value is -2.73. The van der Waals surface area contributed by atoms with Crippen molar-refractivity contribution < 1.29 is 4.74 Å². The summed E-state index contributed by atoms with van der Waals surface area (Å²) in [6.45, 7) is 0.532. The van der Waals surface area contributed by atoms with Crippen LogP contribution in [0.15, 0.2) is 48.5 Å². The molecule has 0 unspecified atom stereocenters. The lowest BCUT2D eigenvalue weighted by Gasteiger charge is -2.28. The highest BCUT2D eigenvalue weighted by Gasteiger charge is 2.26. The predicted octanol–water partition coefficient (Wildman–Crippen LogP) is 2.18. The van der Waals surface area contributed by atoms with E-state index in [0.29, 0.717) is 12.4 Å². The number of aromatic amines is 1. The Morgan fingerprint density at radius 3 is 2.29 bits per heavy atom. The molecule has 0 amide bonds. The van der Waals surface area contributed by atoms with Gasteiger partial charge in [0.05, 0.1) is 12.6 Å². The van der Waals surface area contributed by atoms with E-state index in [0.717, 1.165) is 22.6 Å². The van der Waals surface area contributed by atoms with Crippen molar-refractivity contribution >= 4 is 0 Å². The number of hydrogen-bond acceptors (Lipinski definition) is 5. The normalized spacial score (nSPS) is 13.3. The molecular weight excluding hydrogens is 266 g/mol. The molecule has 0 saturated heterocycles. The maximum atomic E-state index is 5.95. The summed E-state index contributed by atoms with van der Waals surface area (Å²) >= 11 is 0. The molecule has 2 aromatic carbocycles. The summed E-state index contributed by atoms with van der Waals surface area (Å²) in [5, 5.41) is 17.4. The lowest BCUT2D eigenvalue weighted by molar-refractivity contribution is 0.426. The third-order valence-electron chi connectivity index (χ3n) is 3.53. The Morgan fingerprint density at radius 2 is 1.67 bits per heavy atom. The third kappa shape index (κ3) is 2.15. The molecule has 6 nitrogen and oxygen atoms in total. The molecule has 21 heavy (non-hydrogen) atoms. The molecule has 0 radical (unpaired) electrons. The number of fused-ring (bicyclic) bond motifs is 2. The number of hydrogen-bond donors (Lipinski definition) is 2. The van der Waals surface area contributed by atoms with Gasteiger partial charge in [-0.25, -0.2) is 0 Å². The summed E-state index contributed by atoms with van der Waals surface area (Å²) in [5.41, 5.74) is 2.22. The number of ether oxygens (including phenoxy) is 1. The summed E-state index contributed by atoms with van der Waals surface area (Å²) in [6, 6.07) is 16.1. The summed E-state index contributed by atoms with van der Waals surface area (Å²) in [6.07, 6.45) is 0. The van der Waals surface area contributed by atoms with Gasteiger partial charge in [0.1, 0.15) is 11.5 Å². The van der Waals surface area contributed by atoms with Gasteiger partial charge in [-0.3, -0.25) is 5.32 Å². The first kappa shape index (κ1) is 12.0. The number of para-hydroxylation sites is 2. The Balaban J connectivity index is 1.71. The van der Waals surface area contributed by atoms with E-state index in [4.69, 9.17) is 4.74 Å². The number of rotatable bonds is 3. The largest absolute Gasteiger partial charge is 0.457 e. The highest BCUT2D eigenvalue weighted by atomic mass is 16.5. The van der Waals surface area contributed by atoms with Gasteiger partial charge in [-0.2, -0.15) is 5.21 Å². The van der Waals surface area contributed by atoms with Crippen LogP contribution in [0.2, 0.25) is 0 Å². The van der Waals surface area contributed by atoms with Gasteiger partial charge in [0, 0.05) is 11.1 Å². The summed E-state index contributed by atoms with van der Waals surface area (Å²) in [7, 11) is 0. The number of H-pyrrole nitrogens is 1. The quantitative estimate of drug-likeness (QED) is 0.768. The SMILES string of the molecule is c1ccc2c(c1)Oc1ccccc1C2NCc1nn[nH]n1. The summed E-state index contributed by atoms with van der Waals surface area (Å²) in [4.78, 5) is 0. The smallest absolute Gasteiger partial charge is 0.188 e. The van der Waals surface area contributed by atoms with Crippen molar-refractivity contribution in [3.8, 4) is 11.5 Å². The molecular formula is C15H13N5O. The zero-order valence-corrected chi connectivity index (χ0v) is 11.2. The minimum Gasteiger partial charge on any atom is -0.457 e. The van der Waals surface area contributed by atoms with Crippen LogP contribution in [0, 0.1) is 0 Å². The van der Waals surface area contributed by atoms with Crippen LogP contribution in [0.1, 0.15) is 23.0 Å². The fourth-order valence-corrected chi connectivity index (χ4v) is 2.58. The number of aromatic nitrogens is 4. The molecule has 6 heteroatoms. The molecule has 3 aromatic rings. The van der Waals surface area contributed by atoms with Crippen LogP contribution in [-0.2, 0) is 6.54 Å². The second kappa shape index (κ2) is 4.99. The van der Waals surface area contributed by atoms with Crippen molar-refractivity contribution in [1.82, 2.24) is 25.9 Å². The fraction of sp³-hybridized carbons (Fsp3) is 0.133. The molecule has 0 aliphatic carbocycles. The van der Waals surface area contributed by atoms with Gasteiger partial charge in [0.2, 0.25) is 0 Å². The van der Waals surface area contributed by atoms with Crippen LogP contribution in [0.4, 0.5) is 0 Å².